The molecule has 26 heavy (non-hydrogen) atoms. The normalized spacial score (nSPS) is 53.5. The van der Waals surface area contributed by atoms with Crippen LogP contribution >= 0.6 is 0 Å². The van der Waals surface area contributed by atoms with Crippen molar-refractivity contribution in [1.82, 2.24) is 0 Å². The van der Waals surface area contributed by atoms with Crippen molar-refractivity contribution >= 4 is 5.78 Å². The highest BCUT2D eigenvalue weighted by molar-refractivity contribution is 5.83. The summed E-state index contributed by atoms with van der Waals surface area (Å²) in [7, 11) is 1.60. The topological polar surface area (TPSA) is 66.8 Å². The van der Waals surface area contributed by atoms with E-state index in [1.54, 1.807) is 7.11 Å². The Hall–Kier alpha value is -0.450. The lowest BCUT2D eigenvalue weighted by Gasteiger charge is -2.62. The van der Waals surface area contributed by atoms with E-state index in [0.29, 0.717) is 23.7 Å². The van der Waals surface area contributed by atoms with Crippen LogP contribution in [-0.2, 0) is 9.53 Å². The first-order chi connectivity index (χ1) is 12.3. The van der Waals surface area contributed by atoms with Gasteiger partial charge in [-0.25, -0.2) is 0 Å². The molecule has 3 unspecified atom stereocenters. The minimum absolute atomic E-state index is 0.0433. The second-order valence-electron chi connectivity index (χ2n) is 10.3. The van der Waals surface area contributed by atoms with Crippen molar-refractivity contribution < 1.29 is 19.7 Å². The van der Waals surface area contributed by atoms with E-state index in [1.807, 2.05) is 0 Å². The van der Waals surface area contributed by atoms with Crippen molar-refractivity contribution in [3.63, 3.8) is 0 Å². The predicted molar refractivity (Wildman–Crippen MR) is 99.5 cm³/mol. The number of carbonyl (C=O) groups is 1. The molecule has 4 aliphatic carbocycles. The standard InChI is InChI=1S/C22H36O4/c1-21-9-8-14(23)10-13(21)4-5-15-16-6-7-17(19(25)12-26-3)22(16,2)11-18(24)20(15)21/h13-18,20,23-24H,4-12H2,1-3H3/t13?,14?,15-,16-,17+,18?,20+,21-,22-/m0/s1. The number of aliphatic hydroxyl groups is 2. The number of hydrogen-bond acceptors (Lipinski definition) is 4. The van der Waals surface area contributed by atoms with Gasteiger partial charge in [0.1, 0.15) is 6.61 Å². The van der Waals surface area contributed by atoms with E-state index in [4.69, 9.17) is 4.74 Å². The van der Waals surface area contributed by atoms with E-state index in [-0.39, 0.29) is 41.3 Å². The lowest BCUT2D eigenvalue weighted by molar-refractivity contribution is -0.179. The van der Waals surface area contributed by atoms with Crippen molar-refractivity contribution in [3.05, 3.63) is 0 Å². The molecule has 0 bridgehead atoms. The third-order valence-corrected chi connectivity index (χ3v) is 9.24. The van der Waals surface area contributed by atoms with Gasteiger partial charge in [-0.2, -0.15) is 0 Å². The Balaban J connectivity index is 1.62. The number of hydrogen-bond donors (Lipinski definition) is 2. The quantitative estimate of drug-likeness (QED) is 0.807. The monoisotopic (exact) mass is 364 g/mol. The fourth-order valence-electron chi connectivity index (χ4n) is 8.13. The maximum absolute atomic E-state index is 12.7. The van der Waals surface area contributed by atoms with E-state index in [9.17, 15) is 15.0 Å². The number of ketones is 1. The van der Waals surface area contributed by atoms with Gasteiger partial charge < -0.3 is 14.9 Å². The van der Waals surface area contributed by atoms with Crippen molar-refractivity contribution in [2.45, 2.75) is 77.4 Å². The zero-order valence-electron chi connectivity index (χ0n) is 16.6. The van der Waals surface area contributed by atoms with Gasteiger partial charge in [-0.1, -0.05) is 13.8 Å². The van der Waals surface area contributed by atoms with E-state index in [0.717, 1.165) is 44.9 Å². The number of rotatable bonds is 3. The Morgan fingerprint density at radius 2 is 1.85 bits per heavy atom. The Bertz CT molecular complexity index is 562. The molecule has 0 radical (unpaired) electrons. The number of methoxy groups -OCH3 is 1. The highest BCUT2D eigenvalue weighted by Crippen LogP contribution is 2.67. The number of ether oxygens (including phenoxy) is 1. The van der Waals surface area contributed by atoms with Crippen LogP contribution in [0.3, 0.4) is 0 Å². The average molecular weight is 365 g/mol. The average Bonchev–Trinajstić information content (AvgIpc) is 2.92. The Labute approximate surface area is 157 Å². The van der Waals surface area contributed by atoms with Crippen LogP contribution in [0.2, 0.25) is 0 Å². The van der Waals surface area contributed by atoms with Crippen LogP contribution in [0.25, 0.3) is 0 Å². The SMILES string of the molecule is COCC(=O)[C@H]1CC[C@H]2[C@@H]3CCC4CC(O)CC[C@]4(C)[C@H]3C(O)C[C@]12C. The first-order valence-corrected chi connectivity index (χ1v) is 10.7. The third kappa shape index (κ3) is 2.62. The molecule has 4 nitrogen and oxygen atoms in total. The van der Waals surface area contributed by atoms with Crippen LogP contribution in [0, 0.1) is 40.4 Å². The van der Waals surface area contributed by atoms with Gasteiger partial charge in [0.05, 0.1) is 12.2 Å². The van der Waals surface area contributed by atoms with Gasteiger partial charge in [-0.05, 0) is 85.9 Å². The summed E-state index contributed by atoms with van der Waals surface area (Å²) >= 11 is 0. The summed E-state index contributed by atoms with van der Waals surface area (Å²) in [5.74, 6) is 2.22. The highest BCUT2D eigenvalue weighted by atomic mass is 16.5. The van der Waals surface area contributed by atoms with Gasteiger partial charge in [-0.3, -0.25) is 4.79 Å². The van der Waals surface area contributed by atoms with E-state index in [2.05, 4.69) is 13.8 Å². The molecule has 4 rings (SSSR count). The number of carbonyl (C=O) groups excluding carboxylic acids is 1. The predicted octanol–water partition coefficient (Wildman–Crippen LogP) is 3.19. The van der Waals surface area contributed by atoms with E-state index in [1.165, 1.54) is 6.42 Å². The molecule has 0 spiro atoms. The summed E-state index contributed by atoms with van der Waals surface area (Å²) in [5.41, 5.74) is 0.0745. The highest BCUT2D eigenvalue weighted by Gasteiger charge is 2.63. The molecular weight excluding hydrogens is 328 g/mol. The number of fused-ring (bicyclic) bond motifs is 5. The molecule has 0 aromatic heterocycles. The van der Waals surface area contributed by atoms with Gasteiger partial charge in [0, 0.05) is 13.0 Å². The summed E-state index contributed by atoms with van der Waals surface area (Å²) in [6.07, 6.45) is 7.49. The largest absolute Gasteiger partial charge is 0.393 e. The van der Waals surface area contributed by atoms with Gasteiger partial charge in [0.25, 0.3) is 0 Å². The molecule has 0 saturated heterocycles. The van der Waals surface area contributed by atoms with Gasteiger partial charge in [0.2, 0.25) is 0 Å². The van der Waals surface area contributed by atoms with Gasteiger partial charge in [0.15, 0.2) is 5.78 Å². The Morgan fingerprint density at radius 3 is 2.58 bits per heavy atom. The summed E-state index contributed by atoms with van der Waals surface area (Å²) < 4.78 is 5.14. The zero-order valence-corrected chi connectivity index (χ0v) is 16.6. The fourth-order valence-corrected chi connectivity index (χ4v) is 8.13. The van der Waals surface area contributed by atoms with Crippen LogP contribution in [0.1, 0.15) is 65.2 Å². The molecule has 0 amide bonds. The van der Waals surface area contributed by atoms with E-state index < -0.39 is 0 Å². The second-order valence-corrected chi connectivity index (χ2v) is 10.3. The Kier molecular flexibility index (Phi) is 4.77. The Morgan fingerprint density at radius 1 is 1.08 bits per heavy atom. The summed E-state index contributed by atoms with van der Waals surface area (Å²) in [6, 6.07) is 0. The molecule has 0 heterocycles. The van der Waals surface area contributed by atoms with Crippen LogP contribution in [-0.4, -0.2) is 41.9 Å². The number of Topliss-reactive ketones (excluding diaryl/α,β-unsaturated/α-hetero) is 1. The molecule has 4 saturated carbocycles. The summed E-state index contributed by atoms with van der Waals surface area (Å²) in [6.45, 7) is 4.85. The molecule has 0 aliphatic heterocycles. The second kappa shape index (κ2) is 6.56. The van der Waals surface area contributed by atoms with Crippen LogP contribution in [0.4, 0.5) is 0 Å². The zero-order chi connectivity index (χ0) is 18.7. The maximum Gasteiger partial charge on any atom is 0.162 e. The summed E-state index contributed by atoms with van der Waals surface area (Å²) in [4.78, 5) is 12.7. The van der Waals surface area contributed by atoms with Gasteiger partial charge in [-0.15, -0.1) is 0 Å². The fraction of sp³-hybridized carbons (Fsp3) is 0.955. The lowest BCUT2D eigenvalue weighted by Crippen LogP contribution is -2.59. The van der Waals surface area contributed by atoms with Crippen molar-refractivity contribution in [3.8, 4) is 0 Å². The molecular formula is C22H36O4. The molecule has 0 aromatic rings. The van der Waals surface area contributed by atoms with Crippen LogP contribution < -0.4 is 0 Å². The smallest absolute Gasteiger partial charge is 0.162 e. The molecule has 4 heteroatoms. The molecule has 0 aromatic carbocycles. The van der Waals surface area contributed by atoms with Crippen molar-refractivity contribution in [1.29, 1.82) is 0 Å². The maximum atomic E-state index is 12.7. The number of aliphatic hydroxyl groups excluding tert-OH is 2. The van der Waals surface area contributed by atoms with E-state index >= 15 is 0 Å². The molecule has 2 N–H and O–H groups in total. The lowest BCUT2D eigenvalue weighted by atomic mass is 9.44. The van der Waals surface area contributed by atoms with Crippen molar-refractivity contribution in [2.24, 2.45) is 40.4 Å². The first-order valence-electron chi connectivity index (χ1n) is 10.7. The molecule has 4 fully saturated rings. The molecule has 148 valence electrons. The van der Waals surface area contributed by atoms with Gasteiger partial charge >= 0.3 is 0 Å². The van der Waals surface area contributed by atoms with Crippen molar-refractivity contribution in [2.75, 3.05) is 13.7 Å². The van der Waals surface area contributed by atoms with Crippen LogP contribution in [0.5, 0.6) is 0 Å². The third-order valence-electron chi connectivity index (χ3n) is 9.24. The summed E-state index contributed by atoms with van der Waals surface area (Å²) in [5, 5.41) is 21.5. The molecule has 9 atom stereocenters. The van der Waals surface area contributed by atoms with Crippen LogP contribution in [0.15, 0.2) is 0 Å². The first kappa shape index (κ1) is 18.9. The minimum atomic E-state index is -0.319. The molecule has 4 aliphatic rings. The minimum Gasteiger partial charge on any atom is -0.393 e.